The SMILES string of the molecule is C[C@@H](O)[C@H]1C(=O)N2C(C(=O)O)=C(c3ccc(COCCC(=O)Nc4ccncc4)cc3)C[C@H]12. The van der Waals surface area contributed by atoms with Crippen LogP contribution in [-0.4, -0.2) is 56.6 Å². The number of aliphatic carboxylic acids is 1. The number of carboxylic acid groups (broad SMARTS) is 1. The summed E-state index contributed by atoms with van der Waals surface area (Å²) in [6.07, 6.45) is 2.99. The molecule has 1 saturated heterocycles. The average molecular weight is 451 g/mol. The van der Waals surface area contributed by atoms with Crippen molar-refractivity contribution in [1.82, 2.24) is 9.88 Å². The Kier molecular flexibility index (Phi) is 6.52. The fraction of sp³-hybridized carbons (Fsp3) is 0.333. The standard InChI is InChI=1S/C24H25N3O6/c1-14(28)21-19-12-18(22(24(31)32)27(19)23(21)30)16-4-2-15(3-5-16)13-33-11-8-20(29)26-17-6-9-25-10-7-17/h2-7,9-10,14,19,21,28H,8,11-13H2,1H3,(H,31,32)(H,25,26,29)/t14-,19-,21-/m1/s1. The summed E-state index contributed by atoms with van der Waals surface area (Å²) in [5.74, 6) is -2.22. The van der Waals surface area contributed by atoms with Crippen molar-refractivity contribution in [2.45, 2.75) is 38.5 Å². The van der Waals surface area contributed by atoms with Crippen molar-refractivity contribution in [2.75, 3.05) is 11.9 Å². The Morgan fingerprint density at radius 2 is 1.91 bits per heavy atom. The molecule has 1 aromatic heterocycles. The summed E-state index contributed by atoms with van der Waals surface area (Å²) in [6.45, 7) is 2.12. The lowest BCUT2D eigenvalue weighted by Crippen LogP contribution is -2.61. The number of fused-ring (bicyclic) bond motifs is 1. The number of carboxylic acids is 1. The van der Waals surface area contributed by atoms with E-state index in [1.165, 1.54) is 4.90 Å². The Morgan fingerprint density at radius 1 is 1.21 bits per heavy atom. The van der Waals surface area contributed by atoms with Gasteiger partial charge in [-0.05, 0) is 42.2 Å². The maximum Gasteiger partial charge on any atom is 0.352 e. The Labute approximate surface area is 190 Å². The molecule has 172 valence electrons. The molecule has 9 heteroatoms. The minimum absolute atomic E-state index is 0.00823. The van der Waals surface area contributed by atoms with Crippen LogP contribution in [0, 0.1) is 5.92 Å². The van der Waals surface area contributed by atoms with E-state index >= 15 is 0 Å². The molecule has 1 aromatic carbocycles. The Balaban J connectivity index is 1.32. The summed E-state index contributed by atoms with van der Waals surface area (Å²) < 4.78 is 5.59. The number of pyridine rings is 1. The van der Waals surface area contributed by atoms with E-state index in [9.17, 15) is 24.6 Å². The zero-order valence-electron chi connectivity index (χ0n) is 18.1. The molecule has 2 aliphatic heterocycles. The van der Waals surface area contributed by atoms with Crippen molar-refractivity contribution < 1.29 is 29.3 Å². The number of carbonyl (C=O) groups excluding carboxylic acids is 2. The number of aliphatic hydroxyl groups is 1. The first-order valence-corrected chi connectivity index (χ1v) is 10.7. The van der Waals surface area contributed by atoms with Gasteiger partial charge in [-0.1, -0.05) is 24.3 Å². The van der Waals surface area contributed by atoms with E-state index in [0.717, 1.165) is 11.1 Å². The average Bonchev–Trinajstić information content (AvgIpc) is 3.13. The Morgan fingerprint density at radius 3 is 2.55 bits per heavy atom. The zero-order chi connectivity index (χ0) is 23.5. The van der Waals surface area contributed by atoms with Crippen LogP contribution in [0.1, 0.15) is 30.9 Å². The summed E-state index contributed by atoms with van der Waals surface area (Å²) in [5, 5.41) is 22.3. The van der Waals surface area contributed by atoms with Crippen molar-refractivity contribution >= 4 is 29.0 Å². The van der Waals surface area contributed by atoms with Gasteiger partial charge in [0.05, 0.1) is 37.7 Å². The van der Waals surface area contributed by atoms with Gasteiger partial charge in [0, 0.05) is 18.1 Å². The number of aliphatic hydroxyl groups excluding tert-OH is 1. The minimum atomic E-state index is -1.15. The number of hydrogen-bond donors (Lipinski definition) is 3. The molecule has 3 N–H and O–H groups in total. The van der Waals surface area contributed by atoms with Gasteiger partial charge in [0.25, 0.3) is 0 Å². The highest BCUT2D eigenvalue weighted by Crippen LogP contribution is 2.46. The molecule has 4 rings (SSSR count). The highest BCUT2D eigenvalue weighted by Gasteiger charge is 2.56. The van der Waals surface area contributed by atoms with Crippen LogP contribution in [0.4, 0.5) is 5.69 Å². The summed E-state index contributed by atoms with van der Waals surface area (Å²) in [5.41, 5.74) is 2.86. The monoisotopic (exact) mass is 451 g/mol. The Hall–Kier alpha value is -3.56. The number of amides is 2. The van der Waals surface area contributed by atoms with Crippen LogP contribution in [0.2, 0.25) is 0 Å². The molecule has 0 aliphatic carbocycles. The van der Waals surface area contributed by atoms with Gasteiger partial charge < -0.3 is 25.2 Å². The molecule has 2 aromatic rings. The predicted molar refractivity (Wildman–Crippen MR) is 119 cm³/mol. The van der Waals surface area contributed by atoms with E-state index in [4.69, 9.17) is 4.74 Å². The molecule has 1 fully saturated rings. The number of benzene rings is 1. The minimum Gasteiger partial charge on any atom is -0.477 e. The van der Waals surface area contributed by atoms with Gasteiger partial charge in [-0.25, -0.2) is 4.79 Å². The number of aromatic nitrogens is 1. The molecule has 0 radical (unpaired) electrons. The molecule has 0 unspecified atom stereocenters. The first-order valence-electron chi connectivity index (χ1n) is 10.7. The molecule has 0 spiro atoms. The van der Waals surface area contributed by atoms with Crippen molar-refractivity contribution in [3.63, 3.8) is 0 Å². The van der Waals surface area contributed by atoms with Crippen LogP contribution in [0.15, 0.2) is 54.5 Å². The highest BCUT2D eigenvalue weighted by atomic mass is 16.5. The fourth-order valence-electron chi connectivity index (χ4n) is 4.34. The van der Waals surface area contributed by atoms with Gasteiger partial charge in [0.15, 0.2) is 0 Å². The molecule has 0 bridgehead atoms. The number of nitrogens with one attached hydrogen (secondary N) is 1. The molecule has 0 saturated carbocycles. The van der Waals surface area contributed by atoms with Crippen LogP contribution in [-0.2, 0) is 25.7 Å². The van der Waals surface area contributed by atoms with E-state index < -0.39 is 18.0 Å². The summed E-state index contributed by atoms with van der Waals surface area (Å²) in [7, 11) is 0. The first kappa shape index (κ1) is 22.6. The molecule has 2 amide bonds. The molecule has 9 nitrogen and oxygen atoms in total. The lowest BCUT2D eigenvalue weighted by atomic mass is 9.82. The molecule has 33 heavy (non-hydrogen) atoms. The van der Waals surface area contributed by atoms with Gasteiger partial charge in [-0.15, -0.1) is 0 Å². The molecular weight excluding hydrogens is 426 g/mol. The number of ether oxygens (including phenoxy) is 1. The second-order valence-electron chi connectivity index (χ2n) is 8.16. The summed E-state index contributed by atoms with van der Waals surface area (Å²) in [4.78, 5) is 41.3. The number of carbonyl (C=O) groups is 3. The lowest BCUT2D eigenvalue weighted by molar-refractivity contribution is -0.161. The van der Waals surface area contributed by atoms with Gasteiger partial charge in [0.2, 0.25) is 11.8 Å². The second kappa shape index (κ2) is 9.51. The van der Waals surface area contributed by atoms with Crippen LogP contribution in [0.25, 0.3) is 5.57 Å². The smallest absolute Gasteiger partial charge is 0.352 e. The number of rotatable bonds is 9. The van der Waals surface area contributed by atoms with Gasteiger partial charge >= 0.3 is 5.97 Å². The van der Waals surface area contributed by atoms with Gasteiger partial charge in [-0.3, -0.25) is 14.6 Å². The second-order valence-corrected chi connectivity index (χ2v) is 8.16. The molecule has 2 aliphatic rings. The highest BCUT2D eigenvalue weighted by molar-refractivity contribution is 6.06. The fourth-order valence-corrected chi connectivity index (χ4v) is 4.34. The maximum atomic E-state index is 12.3. The van der Waals surface area contributed by atoms with Gasteiger partial charge in [-0.2, -0.15) is 0 Å². The van der Waals surface area contributed by atoms with Crippen molar-refractivity contribution in [1.29, 1.82) is 0 Å². The number of nitrogens with zero attached hydrogens (tertiary/aromatic N) is 2. The predicted octanol–water partition coefficient (Wildman–Crippen LogP) is 2.03. The maximum absolute atomic E-state index is 12.3. The summed E-state index contributed by atoms with van der Waals surface area (Å²) >= 11 is 0. The third-order valence-corrected chi connectivity index (χ3v) is 5.94. The normalized spacial score (nSPS) is 20.3. The molecule has 3 atom stereocenters. The third-order valence-electron chi connectivity index (χ3n) is 5.94. The van der Waals surface area contributed by atoms with E-state index in [-0.39, 0.29) is 36.6 Å². The zero-order valence-corrected chi connectivity index (χ0v) is 18.1. The van der Waals surface area contributed by atoms with E-state index in [0.29, 0.717) is 24.3 Å². The largest absolute Gasteiger partial charge is 0.477 e. The van der Waals surface area contributed by atoms with E-state index in [1.807, 2.05) is 12.1 Å². The summed E-state index contributed by atoms with van der Waals surface area (Å²) in [6, 6.07) is 10.4. The quantitative estimate of drug-likeness (QED) is 0.393. The first-order chi connectivity index (χ1) is 15.9. The van der Waals surface area contributed by atoms with Crippen molar-refractivity contribution in [3.8, 4) is 0 Å². The topological polar surface area (TPSA) is 129 Å². The van der Waals surface area contributed by atoms with Crippen molar-refractivity contribution in [3.05, 3.63) is 65.6 Å². The Bertz CT molecular complexity index is 1080. The molecular formula is C24H25N3O6. The third kappa shape index (κ3) is 4.64. The van der Waals surface area contributed by atoms with Crippen LogP contribution in [0.5, 0.6) is 0 Å². The van der Waals surface area contributed by atoms with Gasteiger partial charge in [0.1, 0.15) is 5.70 Å². The van der Waals surface area contributed by atoms with E-state index in [2.05, 4.69) is 10.3 Å². The number of anilines is 1. The molecule has 3 heterocycles. The lowest BCUT2D eigenvalue weighted by Gasteiger charge is -2.44. The van der Waals surface area contributed by atoms with Crippen LogP contribution >= 0.6 is 0 Å². The van der Waals surface area contributed by atoms with E-state index in [1.54, 1.807) is 43.6 Å². The number of hydrogen-bond acceptors (Lipinski definition) is 6. The van der Waals surface area contributed by atoms with Crippen LogP contribution in [0.3, 0.4) is 0 Å². The van der Waals surface area contributed by atoms with Crippen LogP contribution < -0.4 is 5.32 Å². The van der Waals surface area contributed by atoms with Crippen molar-refractivity contribution in [2.24, 2.45) is 5.92 Å². The number of β-lactam (4-membered cyclic amide) rings is 1.